The molecule has 1 saturated heterocycles. The van der Waals surface area contributed by atoms with Gasteiger partial charge in [-0.05, 0) is 49.6 Å². The first kappa shape index (κ1) is 20.7. The molecule has 0 spiro atoms. The molecule has 6 nitrogen and oxygen atoms in total. The number of benzene rings is 2. The first-order valence-electron chi connectivity index (χ1n) is 9.88. The smallest absolute Gasteiger partial charge is 0.260 e. The largest absolute Gasteiger partial charge is 0.484 e. The summed E-state index contributed by atoms with van der Waals surface area (Å²) >= 11 is 0. The molecule has 2 aromatic rings. The maximum Gasteiger partial charge on any atom is 0.260 e. The van der Waals surface area contributed by atoms with E-state index in [2.05, 4.69) is 6.07 Å². The van der Waals surface area contributed by atoms with Crippen molar-refractivity contribution >= 4 is 11.8 Å². The number of nitrogens with zero attached hydrogens (tertiary/aromatic N) is 2. The van der Waals surface area contributed by atoms with E-state index in [1.54, 1.807) is 9.80 Å². The van der Waals surface area contributed by atoms with Crippen LogP contribution in [0.3, 0.4) is 0 Å². The third-order valence-corrected chi connectivity index (χ3v) is 5.30. The molecule has 0 aromatic heterocycles. The van der Waals surface area contributed by atoms with E-state index in [0.29, 0.717) is 31.9 Å². The number of carbonyl (C=O) groups is 2. The van der Waals surface area contributed by atoms with Crippen molar-refractivity contribution in [2.24, 2.45) is 0 Å². The zero-order chi connectivity index (χ0) is 20.8. The second-order valence-electron chi connectivity index (χ2n) is 7.31. The first-order valence-corrected chi connectivity index (χ1v) is 9.88. The summed E-state index contributed by atoms with van der Waals surface area (Å²) in [5, 5.41) is 0. The van der Waals surface area contributed by atoms with E-state index in [0.717, 1.165) is 22.4 Å². The Hall–Kier alpha value is -3.02. The summed E-state index contributed by atoms with van der Waals surface area (Å²) in [5.74, 6) is 1.33. The molecule has 1 fully saturated rings. The zero-order valence-corrected chi connectivity index (χ0v) is 17.3. The highest BCUT2D eigenvalue weighted by Gasteiger charge is 2.24. The molecule has 1 aliphatic heterocycles. The fourth-order valence-electron chi connectivity index (χ4n) is 3.33. The number of para-hydroxylation sites is 1. The lowest BCUT2D eigenvalue weighted by molar-refractivity contribution is -0.141. The van der Waals surface area contributed by atoms with E-state index in [-0.39, 0.29) is 25.0 Å². The number of amides is 2. The molecule has 2 amide bonds. The molecule has 6 heteroatoms. The van der Waals surface area contributed by atoms with E-state index in [1.165, 1.54) is 0 Å². The summed E-state index contributed by atoms with van der Waals surface area (Å²) in [6, 6.07) is 13.3. The summed E-state index contributed by atoms with van der Waals surface area (Å²) in [6.45, 7) is 8.05. The topological polar surface area (TPSA) is 59.1 Å². The van der Waals surface area contributed by atoms with Crippen LogP contribution in [0.2, 0.25) is 0 Å². The van der Waals surface area contributed by atoms with Gasteiger partial charge in [0.25, 0.3) is 11.8 Å². The molecule has 0 saturated carbocycles. The van der Waals surface area contributed by atoms with E-state index in [9.17, 15) is 9.59 Å². The molecule has 2 aromatic carbocycles. The second-order valence-corrected chi connectivity index (χ2v) is 7.31. The molecular weight excluding hydrogens is 368 g/mol. The van der Waals surface area contributed by atoms with Crippen LogP contribution in [0.5, 0.6) is 11.5 Å². The van der Waals surface area contributed by atoms with Crippen molar-refractivity contribution in [3.8, 4) is 11.5 Å². The second kappa shape index (κ2) is 9.45. The Labute approximate surface area is 172 Å². The van der Waals surface area contributed by atoms with Crippen LogP contribution < -0.4 is 9.47 Å². The van der Waals surface area contributed by atoms with Gasteiger partial charge in [0.2, 0.25) is 0 Å². The maximum absolute atomic E-state index is 12.5. The highest BCUT2D eigenvalue weighted by molar-refractivity contribution is 5.80. The number of hydrogen-bond acceptors (Lipinski definition) is 4. The van der Waals surface area contributed by atoms with Gasteiger partial charge in [-0.15, -0.1) is 0 Å². The van der Waals surface area contributed by atoms with E-state index >= 15 is 0 Å². The van der Waals surface area contributed by atoms with Gasteiger partial charge in [0.1, 0.15) is 11.5 Å². The minimum absolute atomic E-state index is 0.00693. The quantitative estimate of drug-likeness (QED) is 0.753. The lowest BCUT2D eigenvalue weighted by atomic mass is 10.1. The van der Waals surface area contributed by atoms with E-state index in [1.807, 2.05) is 57.2 Å². The van der Waals surface area contributed by atoms with Crippen LogP contribution in [0.1, 0.15) is 16.7 Å². The monoisotopic (exact) mass is 396 g/mol. The van der Waals surface area contributed by atoms with Crippen LogP contribution in [-0.2, 0) is 9.59 Å². The minimum atomic E-state index is -0.0665. The molecule has 0 bridgehead atoms. The van der Waals surface area contributed by atoms with Gasteiger partial charge in [0.15, 0.2) is 13.2 Å². The van der Waals surface area contributed by atoms with Gasteiger partial charge >= 0.3 is 0 Å². The summed E-state index contributed by atoms with van der Waals surface area (Å²) in [7, 11) is 0. The molecule has 3 rings (SSSR count). The fourth-order valence-corrected chi connectivity index (χ4v) is 3.33. The fraction of sp³-hybridized carbons (Fsp3) is 0.391. The third kappa shape index (κ3) is 5.28. The molecule has 1 heterocycles. The van der Waals surface area contributed by atoms with Gasteiger partial charge in [-0.2, -0.15) is 0 Å². The van der Waals surface area contributed by atoms with Gasteiger partial charge in [0, 0.05) is 26.2 Å². The Morgan fingerprint density at radius 2 is 1.28 bits per heavy atom. The number of piperazine rings is 1. The van der Waals surface area contributed by atoms with Crippen molar-refractivity contribution in [3.63, 3.8) is 0 Å². The third-order valence-electron chi connectivity index (χ3n) is 5.30. The summed E-state index contributed by atoms with van der Waals surface area (Å²) in [4.78, 5) is 28.4. The zero-order valence-electron chi connectivity index (χ0n) is 17.3. The Morgan fingerprint density at radius 1 is 0.759 bits per heavy atom. The van der Waals surface area contributed by atoms with Gasteiger partial charge < -0.3 is 19.3 Å². The van der Waals surface area contributed by atoms with Crippen molar-refractivity contribution in [2.75, 3.05) is 39.4 Å². The summed E-state index contributed by atoms with van der Waals surface area (Å²) in [6.07, 6.45) is 0. The minimum Gasteiger partial charge on any atom is -0.484 e. The van der Waals surface area contributed by atoms with Crippen LogP contribution in [0.25, 0.3) is 0 Å². The van der Waals surface area contributed by atoms with Crippen LogP contribution in [0.4, 0.5) is 0 Å². The van der Waals surface area contributed by atoms with Crippen LogP contribution in [-0.4, -0.2) is 61.0 Å². The molecule has 1 aliphatic rings. The molecule has 154 valence electrons. The molecule has 29 heavy (non-hydrogen) atoms. The molecule has 0 aliphatic carbocycles. The maximum atomic E-state index is 12.5. The van der Waals surface area contributed by atoms with Crippen molar-refractivity contribution in [1.82, 2.24) is 9.80 Å². The Balaban J connectivity index is 1.45. The number of aryl methyl sites for hydroxylation is 2. The number of carbonyl (C=O) groups excluding carboxylic acids is 2. The van der Waals surface area contributed by atoms with Gasteiger partial charge in [0.05, 0.1) is 0 Å². The van der Waals surface area contributed by atoms with Crippen molar-refractivity contribution in [1.29, 1.82) is 0 Å². The number of hydrogen-bond donors (Lipinski definition) is 0. The Bertz CT molecular complexity index is 859. The van der Waals surface area contributed by atoms with Crippen molar-refractivity contribution in [3.05, 3.63) is 59.2 Å². The van der Waals surface area contributed by atoms with Crippen LogP contribution in [0.15, 0.2) is 42.5 Å². The number of ether oxygens (including phenoxy) is 2. The van der Waals surface area contributed by atoms with Crippen LogP contribution in [0, 0.1) is 20.8 Å². The Kier molecular flexibility index (Phi) is 6.75. The molecule has 0 N–H and O–H groups in total. The standard InChI is InChI=1S/C23H28N2O4/c1-17-9-10-18(2)23(19(17)3)29-16-22(27)25-13-11-24(12-14-25)21(26)15-28-20-7-5-4-6-8-20/h4-10H,11-16H2,1-3H3. The average Bonchev–Trinajstić information content (AvgIpc) is 2.75. The molecule has 0 radical (unpaired) electrons. The first-order chi connectivity index (χ1) is 14.0. The predicted octanol–water partition coefficient (Wildman–Crippen LogP) is 2.74. The van der Waals surface area contributed by atoms with Gasteiger partial charge in [-0.1, -0.05) is 30.3 Å². The Morgan fingerprint density at radius 3 is 1.86 bits per heavy atom. The highest BCUT2D eigenvalue weighted by atomic mass is 16.5. The van der Waals surface area contributed by atoms with E-state index in [4.69, 9.17) is 9.47 Å². The van der Waals surface area contributed by atoms with E-state index < -0.39 is 0 Å². The molecule has 0 atom stereocenters. The van der Waals surface area contributed by atoms with Crippen molar-refractivity contribution < 1.29 is 19.1 Å². The normalized spacial score (nSPS) is 13.9. The lowest BCUT2D eigenvalue weighted by Gasteiger charge is -2.34. The number of rotatable bonds is 6. The predicted molar refractivity (Wildman–Crippen MR) is 111 cm³/mol. The lowest BCUT2D eigenvalue weighted by Crippen LogP contribution is -2.52. The SMILES string of the molecule is Cc1ccc(C)c(OCC(=O)N2CCN(C(=O)COc3ccccc3)CC2)c1C. The van der Waals surface area contributed by atoms with Gasteiger partial charge in [-0.3, -0.25) is 9.59 Å². The summed E-state index contributed by atoms with van der Waals surface area (Å²) in [5.41, 5.74) is 3.23. The molecular formula is C23H28N2O4. The molecule has 0 unspecified atom stereocenters. The van der Waals surface area contributed by atoms with Gasteiger partial charge in [-0.25, -0.2) is 0 Å². The van der Waals surface area contributed by atoms with Crippen LogP contribution >= 0.6 is 0 Å². The summed E-state index contributed by atoms with van der Waals surface area (Å²) < 4.78 is 11.4. The average molecular weight is 396 g/mol. The van der Waals surface area contributed by atoms with Crippen molar-refractivity contribution in [2.45, 2.75) is 20.8 Å². The highest BCUT2D eigenvalue weighted by Crippen LogP contribution is 2.25.